The van der Waals surface area contributed by atoms with Crippen molar-refractivity contribution < 1.29 is 5.11 Å². The van der Waals surface area contributed by atoms with E-state index in [0.29, 0.717) is 0 Å². The van der Waals surface area contributed by atoms with Crippen molar-refractivity contribution in [1.82, 2.24) is 0 Å². The van der Waals surface area contributed by atoms with Gasteiger partial charge in [0.1, 0.15) is 0 Å². The van der Waals surface area contributed by atoms with Gasteiger partial charge in [-0.3, -0.25) is 0 Å². The number of hydrogen-bond donors (Lipinski definition) is 1. The van der Waals surface area contributed by atoms with E-state index in [1.54, 1.807) is 0 Å². The van der Waals surface area contributed by atoms with E-state index in [1.807, 2.05) is 39.0 Å². The Hall–Kier alpha value is -0.560. The highest BCUT2D eigenvalue weighted by molar-refractivity contribution is 5.04. The van der Waals surface area contributed by atoms with Crippen molar-refractivity contribution in [2.24, 2.45) is 0 Å². The average Bonchev–Trinajstić information content (AvgIpc) is 1.98. The van der Waals surface area contributed by atoms with E-state index in [4.69, 9.17) is 0 Å². The van der Waals surface area contributed by atoms with Crippen molar-refractivity contribution in [1.29, 1.82) is 0 Å². The second kappa shape index (κ2) is 5.24. The van der Waals surface area contributed by atoms with Crippen LogP contribution in [0.25, 0.3) is 0 Å². The van der Waals surface area contributed by atoms with E-state index >= 15 is 0 Å². The lowest BCUT2D eigenvalue weighted by Crippen LogP contribution is -2.05. The molecule has 0 bridgehead atoms. The van der Waals surface area contributed by atoms with Gasteiger partial charge in [0.15, 0.2) is 0 Å². The lowest BCUT2D eigenvalue weighted by Gasteiger charge is -2.06. The number of aliphatic hydroxyl groups excluding tert-OH is 1. The summed E-state index contributed by atoms with van der Waals surface area (Å²) in [5, 5.41) is 9.33. The van der Waals surface area contributed by atoms with Crippen LogP contribution in [-0.2, 0) is 0 Å². The van der Waals surface area contributed by atoms with Crippen molar-refractivity contribution in [2.45, 2.75) is 33.3 Å². The molecule has 0 fully saturated rings. The summed E-state index contributed by atoms with van der Waals surface area (Å²) < 4.78 is 0. The van der Waals surface area contributed by atoms with Crippen LogP contribution in [0.1, 0.15) is 27.2 Å². The van der Waals surface area contributed by atoms with E-state index in [-0.39, 0.29) is 6.10 Å². The standard InChI is InChI=1S/C9H16O/c1-4-6-7-9(10)8(3)5-2/h4-6,9-10H,7H2,1-3H3/b6-4+,8-5+. The summed E-state index contributed by atoms with van der Waals surface area (Å²) in [4.78, 5) is 0. The van der Waals surface area contributed by atoms with Gasteiger partial charge in [0.05, 0.1) is 6.10 Å². The van der Waals surface area contributed by atoms with Gasteiger partial charge < -0.3 is 5.11 Å². The Bertz CT molecular complexity index is 134. The molecule has 10 heavy (non-hydrogen) atoms. The molecular weight excluding hydrogens is 124 g/mol. The Kier molecular flexibility index (Phi) is 4.95. The summed E-state index contributed by atoms with van der Waals surface area (Å²) >= 11 is 0. The molecule has 0 aliphatic rings. The highest BCUT2D eigenvalue weighted by atomic mass is 16.3. The molecule has 0 rings (SSSR count). The molecule has 0 heterocycles. The molecule has 1 heteroatoms. The van der Waals surface area contributed by atoms with Crippen molar-refractivity contribution in [3.8, 4) is 0 Å². The third-order valence-corrected chi connectivity index (χ3v) is 1.58. The van der Waals surface area contributed by atoms with Gasteiger partial charge in [-0.2, -0.15) is 0 Å². The first-order valence-electron chi connectivity index (χ1n) is 3.64. The molecule has 0 spiro atoms. The maximum absolute atomic E-state index is 9.33. The zero-order valence-corrected chi connectivity index (χ0v) is 6.96. The van der Waals surface area contributed by atoms with Crippen molar-refractivity contribution in [2.75, 3.05) is 0 Å². The van der Waals surface area contributed by atoms with E-state index in [9.17, 15) is 5.11 Å². The maximum atomic E-state index is 9.33. The Morgan fingerprint density at radius 2 is 2.10 bits per heavy atom. The van der Waals surface area contributed by atoms with Crippen LogP contribution < -0.4 is 0 Å². The molecule has 1 N–H and O–H groups in total. The molecule has 0 aliphatic heterocycles. The van der Waals surface area contributed by atoms with Crippen LogP contribution in [0.3, 0.4) is 0 Å². The van der Waals surface area contributed by atoms with Crippen LogP contribution in [-0.4, -0.2) is 11.2 Å². The summed E-state index contributed by atoms with van der Waals surface area (Å²) in [5.41, 5.74) is 1.04. The van der Waals surface area contributed by atoms with Gasteiger partial charge in [0.25, 0.3) is 0 Å². The van der Waals surface area contributed by atoms with Crippen molar-refractivity contribution in [3.05, 3.63) is 23.8 Å². The van der Waals surface area contributed by atoms with E-state index < -0.39 is 0 Å². The van der Waals surface area contributed by atoms with Crippen LogP contribution >= 0.6 is 0 Å². The molecule has 0 radical (unpaired) electrons. The monoisotopic (exact) mass is 140 g/mol. The molecule has 1 atom stereocenters. The summed E-state index contributed by atoms with van der Waals surface area (Å²) in [5.74, 6) is 0. The highest BCUT2D eigenvalue weighted by Gasteiger charge is 2.00. The third kappa shape index (κ3) is 3.46. The lowest BCUT2D eigenvalue weighted by atomic mass is 10.1. The third-order valence-electron chi connectivity index (χ3n) is 1.58. The molecule has 1 nitrogen and oxygen atoms in total. The molecule has 0 aromatic carbocycles. The number of aliphatic hydroxyl groups is 1. The van der Waals surface area contributed by atoms with Gasteiger partial charge in [0.2, 0.25) is 0 Å². The second-order valence-electron chi connectivity index (χ2n) is 2.35. The normalized spacial score (nSPS) is 16.2. The predicted octanol–water partition coefficient (Wildman–Crippen LogP) is 2.28. The Morgan fingerprint density at radius 1 is 1.50 bits per heavy atom. The van der Waals surface area contributed by atoms with E-state index in [2.05, 4.69) is 0 Å². The zero-order chi connectivity index (χ0) is 7.98. The summed E-state index contributed by atoms with van der Waals surface area (Å²) in [6, 6.07) is 0. The Balaban J connectivity index is 3.73. The van der Waals surface area contributed by atoms with Crippen LogP contribution in [0.15, 0.2) is 23.8 Å². The van der Waals surface area contributed by atoms with Gasteiger partial charge in [0, 0.05) is 0 Å². The number of rotatable bonds is 3. The largest absolute Gasteiger partial charge is 0.388 e. The minimum Gasteiger partial charge on any atom is -0.388 e. The van der Waals surface area contributed by atoms with Crippen LogP contribution in [0, 0.1) is 0 Å². The predicted molar refractivity (Wildman–Crippen MR) is 44.9 cm³/mol. The van der Waals surface area contributed by atoms with E-state index in [0.717, 1.165) is 12.0 Å². The average molecular weight is 140 g/mol. The topological polar surface area (TPSA) is 20.2 Å². The first kappa shape index (κ1) is 9.44. The molecule has 0 saturated heterocycles. The molecule has 0 aromatic heterocycles. The fourth-order valence-corrected chi connectivity index (χ4v) is 0.643. The summed E-state index contributed by atoms with van der Waals surface area (Å²) in [6.45, 7) is 5.83. The van der Waals surface area contributed by atoms with Gasteiger partial charge in [-0.15, -0.1) is 0 Å². The van der Waals surface area contributed by atoms with Gasteiger partial charge in [-0.05, 0) is 32.8 Å². The quantitative estimate of drug-likeness (QED) is 0.596. The molecule has 0 aromatic rings. The SMILES string of the molecule is C/C=C/CC(O)/C(C)=C/C. The fourth-order valence-electron chi connectivity index (χ4n) is 0.643. The smallest absolute Gasteiger partial charge is 0.0781 e. The molecule has 0 amide bonds. The van der Waals surface area contributed by atoms with Crippen LogP contribution in [0.4, 0.5) is 0 Å². The number of allylic oxidation sites excluding steroid dienone is 2. The fraction of sp³-hybridized carbons (Fsp3) is 0.556. The highest BCUT2D eigenvalue weighted by Crippen LogP contribution is 2.05. The second-order valence-corrected chi connectivity index (χ2v) is 2.35. The molecule has 0 saturated carbocycles. The van der Waals surface area contributed by atoms with Crippen LogP contribution in [0.5, 0.6) is 0 Å². The minimum atomic E-state index is -0.291. The number of hydrogen-bond acceptors (Lipinski definition) is 1. The van der Waals surface area contributed by atoms with Crippen LogP contribution in [0.2, 0.25) is 0 Å². The van der Waals surface area contributed by atoms with Crippen molar-refractivity contribution in [3.63, 3.8) is 0 Å². The van der Waals surface area contributed by atoms with Gasteiger partial charge >= 0.3 is 0 Å². The molecule has 58 valence electrons. The first-order valence-corrected chi connectivity index (χ1v) is 3.64. The lowest BCUT2D eigenvalue weighted by molar-refractivity contribution is 0.214. The molecule has 1 unspecified atom stereocenters. The Morgan fingerprint density at radius 3 is 2.50 bits per heavy atom. The van der Waals surface area contributed by atoms with Gasteiger partial charge in [-0.1, -0.05) is 18.2 Å². The zero-order valence-electron chi connectivity index (χ0n) is 6.96. The van der Waals surface area contributed by atoms with Gasteiger partial charge in [-0.25, -0.2) is 0 Å². The summed E-state index contributed by atoms with van der Waals surface area (Å²) in [7, 11) is 0. The van der Waals surface area contributed by atoms with E-state index in [1.165, 1.54) is 0 Å². The minimum absolute atomic E-state index is 0.291. The molecule has 0 aliphatic carbocycles. The van der Waals surface area contributed by atoms with Crippen molar-refractivity contribution >= 4 is 0 Å². The molecular formula is C9H16O. The maximum Gasteiger partial charge on any atom is 0.0781 e. The summed E-state index contributed by atoms with van der Waals surface area (Å²) in [6.07, 6.45) is 6.30. The first-order chi connectivity index (χ1) is 4.72. The Labute approximate surface area is 63.1 Å².